The molecule has 6 rings (SSSR count). The summed E-state index contributed by atoms with van der Waals surface area (Å²) in [5.74, 6) is -6.74. The molecule has 0 amide bonds. The zero-order valence-corrected chi connectivity index (χ0v) is 31.2. The first-order chi connectivity index (χ1) is 26.7. The third-order valence-corrected chi connectivity index (χ3v) is 11.9. The van der Waals surface area contributed by atoms with Gasteiger partial charge in [-0.05, 0) is 72.3 Å². The zero-order chi connectivity index (χ0) is 40.1. The normalized spacial score (nSPS) is 23.6. The maximum Gasteiger partial charge on any atom is 0.342 e. The Morgan fingerprint density at radius 2 is 0.929 bits per heavy atom. The highest BCUT2D eigenvalue weighted by molar-refractivity contribution is 5.79. The van der Waals surface area contributed by atoms with E-state index in [0.717, 1.165) is 0 Å². The molecule has 3 aromatic carbocycles. The molecule has 7 atom stereocenters. The first-order valence-corrected chi connectivity index (χ1v) is 19.3. The van der Waals surface area contributed by atoms with Gasteiger partial charge in [0.15, 0.2) is 0 Å². The molecule has 302 valence electrons. The van der Waals surface area contributed by atoms with E-state index in [0.29, 0.717) is 72.3 Å². The quantitative estimate of drug-likeness (QED) is 0.0923. The summed E-state index contributed by atoms with van der Waals surface area (Å²) in [6.45, 7) is 2.46. The molecule has 0 bridgehead atoms. The second kappa shape index (κ2) is 17.4. The van der Waals surface area contributed by atoms with Crippen LogP contribution in [0.15, 0.2) is 72.8 Å². The number of benzene rings is 3. The van der Waals surface area contributed by atoms with E-state index in [1.165, 1.54) is 0 Å². The van der Waals surface area contributed by atoms with Crippen LogP contribution in [0.1, 0.15) is 58.9 Å². The molecule has 0 aliphatic carbocycles. The highest BCUT2D eigenvalue weighted by Crippen LogP contribution is 2.36. The van der Waals surface area contributed by atoms with Crippen LogP contribution < -0.4 is 16.0 Å². The van der Waals surface area contributed by atoms with E-state index >= 15 is 13.2 Å². The van der Waals surface area contributed by atoms with Gasteiger partial charge in [0.25, 0.3) is 0 Å². The Balaban J connectivity index is 1.29. The fourth-order valence-electron chi connectivity index (χ4n) is 8.66. The number of alkyl halides is 3. The van der Waals surface area contributed by atoms with Gasteiger partial charge in [-0.25, -0.2) is 27.6 Å². The fourth-order valence-corrected chi connectivity index (χ4v) is 8.66. The number of carboxylic acids is 3. The van der Waals surface area contributed by atoms with Crippen LogP contribution in [-0.2, 0) is 46.7 Å². The molecule has 7 N–H and O–H groups in total. The largest absolute Gasteiger partial charge is 0.479 e. The smallest absolute Gasteiger partial charge is 0.342 e. The van der Waals surface area contributed by atoms with Gasteiger partial charge in [-0.3, -0.25) is 4.90 Å². The Hall–Kier alpha value is -4.34. The van der Waals surface area contributed by atoms with Crippen molar-refractivity contribution in [2.75, 3.05) is 39.3 Å². The SMILES string of the molecule is O=C(O)C(F)(Cc1cccc(CN(Cc2cccc(CC(F)(C(=O)O)[C@H]3CCNC3)c2)C(O)c2cccc(CC(F)(C(=O)O)[C@H]3CCNC3)c2)c1)[C@H]1CCNC1. The van der Waals surface area contributed by atoms with Crippen LogP contribution in [0, 0.1) is 17.8 Å². The van der Waals surface area contributed by atoms with Crippen LogP contribution >= 0.6 is 0 Å². The molecule has 3 fully saturated rings. The lowest BCUT2D eigenvalue weighted by Gasteiger charge is -2.30. The summed E-state index contributed by atoms with van der Waals surface area (Å²) in [5, 5.41) is 50.9. The third-order valence-electron chi connectivity index (χ3n) is 11.9. The summed E-state index contributed by atoms with van der Waals surface area (Å²) < 4.78 is 48.4. The number of carboxylic acid groups (broad SMARTS) is 3. The predicted octanol–water partition coefficient (Wildman–Crippen LogP) is 4.21. The molecule has 14 heteroatoms. The van der Waals surface area contributed by atoms with Crippen molar-refractivity contribution in [2.45, 2.75) is 74.8 Å². The number of halogens is 3. The van der Waals surface area contributed by atoms with Crippen molar-refractivity contribution in [1.82, 2.24) is 20.9 Å². The average molecular weight is 781 g/mol. The van der Waals surface area contributed by atoms with Crippen molar-refractivity contribution in [3.05, 3.63) is 106 Å². The number of hydrogen-bond acceptors (Lipinski definition) is 8. The highest BCUT2D eigenvalue weighted by atomic mass is 19.2. The Bertz CT molecular complexity index is 1780. The van der Waals surface area contributed by atoms with Crippen LogP contribution in [0.3, 0.4) is 0 Å². The number of aliphatic hydroxyl groups is 1. The predicted molar refractivity (Wildman–Crippen MR) is 202 cm³/mol. The molecule has 3 heterocycles. The third kappa shape index (κ3) is 9.10. The topological polar surface area (TPSA) is 171 Å². The van der Waals surface area contributed by atoms with Gasteiger partial charge < -0.3 is 36.4 Å². The van der Waals surface area contributed by atoms with Crippen molar-refractivity contribution in [1.29, 1.82) is 0 Å². The summed E-state index contributed by atoms with van der Waals surface area (Å²) in [6.07, 6.45) is -1.30. The summed E-state index contributed by atoms with van der Waals surface area (Å²) in [6, 6.07) is 20.1. The Kier molecular flexibility index (Phi) is 12.9. The maximum absolute atomic E-state index is 16.1. The summed E-state index contributed by atoms with van der Waals surface area (Å²) in [4.78, 5) is 38.3. The van der Waals surface area contributed by atoms with E-state index in [4.69, 9.17) is 0 Å². The van der Waals surface area contributed by atoms with Crippen molar-refractivity contribution in [3.8, 4) is 0 Å². The van der Waals surface area contributed by atoms with E-state index in [2.05, 4.69) is 16.0 Å². The van der Waals surface area contributed by atoms with E-state index in [1.54, 1.807) is 77.7 Å². The van der Waals surface area contributed by atoms with Gasteiger partial charge in [-0.2, -0.15) is 0 Å². The van der Waals surface area contributed by atoms with Gasteiger partial charge in [0.1, 0.15) is 6.23 Å². The number of hydrogen-bond donors (Lipinski definition) is 7. The molecule has 0 spiro atoms. The van der Waals surface area contributed by atoms with Crippen LogP contribution in [-0.4, -0.2) is 99.5 Å². The standard InChI is InChI=1S/C42H51F3N4O7/c43-40(37(51)52,33-10-13-46-22-33)19-27-4-1-7-30(16-27)25-49(26-31-8-2-5-28(17-31)20-41(44,38(53)54)34-11-14-47-23-34)36(50)32-9-3-6-29(18-32)21-42(45,39(55)56)35-12-15-48-24-35/h1-9,16-18,33-36,46-48,50H,10-15,19-26H2,(H,51,52)(H,53,54)(H,55,56)/t33-,34-,35-,36?,40?,41?,42?/m0/s1. The molecule has 4 unspecified atom stereocenters. The molecule has 11 nitrogen and oxygen atoms in total. The van der Waals surface area contributed by atoms with Gasteiger partial charge in [0.2, 0.25) is 17.0 Å². The van der Waals surface area contributed by atoms with Gasteiger partial charge in [-0.1, -0.05) is 72.8 Å². The molecular weight excluding hydrogens is 729 g/mol. The van der Waals surface area contributed by atoms with Crippen LogP contribution in [0.5, 0.6) is 0 Å². The Morgan fingerprint density at radius 1 is 0.589 bits per heavy atom. The lowest BCUT2D eigenvalue weighted by Crippen LogP contribution is -2.44. The number of carbonyl (C=O) groups is 3. The molecule has 3 aliphatic rings. The first kappa shape index (κ1) is 41.3. The number of nitrogens with one attached hydrogen (secondary N) is 3. The number of rotatable bonds is 18. The van der Waals surface area contributed by atoms with Crippen molar-refractivity contribution >= 4 is 17.9 Å². The zero-order valence-electron chi connectivity index (χ0n) is 31.2. The van der Waals surface area contributed by atoms with Crippen molar-refractivity contribution in [3.63, 3.8) is 0 Å². The van der Waals surface area contributed by atoms with E-state index < -0.39 is 65.3 Å². The number of nitrogens with zero attached hydrogens (tertiary/aromatic N) is 1. The van der Waals surface area contributed by atoms with Crippen molar-refractivity contribution in [2.24, 2.45) is 17.8 Å². The van der Waals surface area contributed by atoms with Crippen LogP contribution in [0.25, 0.3) is 0 Å². The molecule has 0 saturated carbocycles. The molecule has 3 aromatic rings. The lowest BCUT2D eigenvalue weighted by atomic mass is 9.82. The number of aliphatic hydroxyl groups excluding tert-OH is 1. The lowest BCUT2D eigenvalue weighted by molar-refractivity contribution is -0.155. The molecule has 56 heavy (non-hydrogen) atoms. The van der Waals surface area contributed by atoms with Crippen LogP contribution in [0.2, 0.25) is 0 Å². The molecule has 3 saturated heterocycles. The second-order valence-corrected chi connectivity index (χ2v) is 15.8. The minimum atomic E-state index is -2.53. The average Bonchev–Trinajstić information content (AvgIpc) is 4.00. The monoisotopic (exact) mass is 780 g/mol. The minimum Gasteiger partial charge on any atom is -0.479 e. The summed E-state index contributed by atoms with van der Waals surface area (Å²) in [7, 11) is 0. The summed E-state index contributed by atoms with van der Waals surface area (Å²) >= 11 is 0. The maximum atomic E-state index is 16.1. The highest BCUT2D eigenvalue weighted by Gasteiger charge is 2.49. The first-order valence-electron chi connectivity index (χ1n) is 19.3. The Morgan fingerprint density at radius 3 is 1.27 bits per heavy atom. The van der Waals surface area contributed by atoms with E-state index in [1.807, 2.05) is 0 Å². The van der Waals surface area contributed by atoms with Gasteiger partial charge >= 0.3 is 17.9 Å². The Labute approximate surface area is 324 Å². The second-order valence-electron chi connectivity index (χ2n) is 15.8. The fraction of sp³-hybridized carbons (Fsp3) is 0.500. The minimum absolute atomic E-state index is 0.0760. The van der Waals surface area contributed by atoms with E-state index in [-0.39, 0.29) is 45.6 Å². The molecule has 3 aliphatic heterocycles. The number of aliphatic carboxylic acids is 3. The van der Waals surface area contributed by atoms with Crippen molar-refractivity contribution < 1.29 is 48.0 Å². The van der Waals surface area contributed by atoms with Gasteiger partial charge in [0, 0.05) is 69.7 Å². The summed E-state index contributed by atoms with van der Waals surface area (Å²) in [5.41, 5.74) is -4.58. The van der Waals surface area contributed by atoms with E-state index in [9.17, 15) is 34.8 Å². The van der Waals surface area contributed by atoms with Gasteiger partial charge in [-0.15, -0.1) is 0 Å². The molecule has 0 radical (unpaired) electrons. The molecular formula is C42H51F3N4O7. The van der Waals surface area contributed by atoms with Gasteiger partial charge in [0.05, 0.1) is 0 Å². The molecule has 0 aromatic heterocycles. The van der Waals surface area contributed by atoms with Crippen LogP contribution in [0.4, 0.5) is 13.2 Å².